The third kappa shape index (κ3) is 2.24. The minimum absolute atomic E-state index is 0.262. The van der Waals surface area contributed by atoms with Gasteiger partial charge in [0, 0.05) is 22.5 Å². The van der Waals surface area contributed by atoms with Crippen molar-refractivity contribution in [1.82, 2.24) is 15.1 Å². The minimum Gasteiger partial charge on any atom is -0.361 e. The van der Waals surface area contributed by atoms with E-state index in [-0.39, 0.29) is 11.7 Å². The summed E-state index contributed by atoms with van der Waals surface area (Å²) in [6.45, 7) is 3.63. The number of carbonyl (C=O) groups excluding carboxylic acids is 1. The van der Waals surface area contributed by atoms with Crippen LogP contribution in [0.2, 0.25) is 0 Å². The van der Waals surface area contributed by atoms with Crippen LogP contribution in [0.15, 0.2) is 28.8 Å². The highest BCUT2D eigenvalue weighted by Crippen LogP contribution is 2.29. The van der Waals surface area contributed by atoms with E-state index in [1.165, 1.54) is 12.1 Å². The normalized spacial score (nSPS) is 10.8. The second-order valence-corrected chi connectivity index (χ2v) is 4.71. The highest BCUT2D eigenvalue weighted by Gasteiger charge is 2.20. The highest BCUT2D eigenvalue weighted by molar-refractivity contribution is 5.88. The first kappa shape index (κ1) is 13.2. The Morgan fingerprint density at radius 1 is 1.19 bits per heavy atom. The van der Waals surface area contributed by atoms with Gasteiger partial charge in [-0.05, 0) is 38.1 Å². The second-order valence-electron chi connectivity index (χ2n) is 4.71. The van der Waals surface area contributed by atoms with Crippen LogP contribution >= 0.6 is 0 Å². The predicted molar refractivity (Wildman–Crippen MR) is 74.3 cm³/mol. The molecule has 6 heteroatoms. The molecule has 0 fully saturated rings. The van der Waals surface area contributed by atoms with E-state index in [4.69, 9.17) is 4.52 Å². The monoisotopic (exact) mass is 285 g/mol. The van der Waals surface area contributed by atoms with Gasteiger partial charge in [-0.25, -0.2) is 4.39 Å². The fourth-order valence-corrected chi connectivity index (χ4v) is 2.26. The van der Waals surface area contributed by atoms with Crippen LogP contribution in [0, 0.1) is 19.7 Å². The zero-order chi connectivity index (χ0) is 15.0. The van der Waals surface area contributed by atoms with Gasteiger partial charge in [-0.2, -0.15) is 4.98 Å². The number of aromatic nitrogens is 3. The Bertz CT molecular complexity index is 803. The molecule has 0 amide bonds. The van der Waals surface area contributed by atoms with E-state index in [2.05, 4.69) is 15.1 Å². The van der Waals surface area contributed by atoms with Gasteiger partial charge in [-0.3, -0.25) is 4.79 Å². The summed E-state index contributed by atoms with van der Waals surface area (Å²) >= 11 is 0. The molecule has 106 valence electrons. The summed E-state index contributed by atoms with van der Waals surface area (Å²) in [7, 11) is 0. The molecule has 1 aromatic carbocycles. The molecule has 0 saturated heterocycles. The summed E-state index contributed by atoms with van der Waals surface area (Å²) in [4.78, 5) is 18.6. The van der Waals surface area contributed by atoms with Gasteiger partial charge >= 0.3 is 0 Å². The molecule has 0 aliphatic heterocycles. The van der Waals surface area contributed by atoms with E-state index in [1.54, 1.807) is 19.1 Å². The minimum atomic E-state index is -0.331. The molecule has 0 radical (unpaired) electrons. The van der Waals surface area contributed by atoms with Crippen molar-refractivity contribution in [3.63, 3.8) is 0 Å². The Morgan fingerprint density at radius 2 is 1.90 bits per heavy atom. The Kier molecular flexibility index (Phi) is 3.13. The van der Waals surface area contributed by atoms with Crippen molar-refractivity contribution in [1.29, 1.82) is 0 Å². The number of nitrogens with one attached hydrogen (secondary N) is 1. The summed E-state index contributed by atoms with van der Waals surface area (Å²) in [5.41, 5.74) is 3.28. The molecule has 1 N–H and O–H groups in total. The molecule has 0 bridgehead atoms. The first-order valence-corrected chi connectivity index (χ1v) is 6.34. The number of rotatable bonds is 3. The highest BCUT2D eigenvalue weighted by atomic mass is 19.1. The smallest absolute Gasteiger partial charge is 0.260 e. The quantitative estimate of drug-likeness (QED) is 0.749. The molecule has 0 aliphatic carbocycles. The fraction of sp³-hybridized carbons (Fsp3) is 0.133. The van der Waals surface area contributed by atoms with E-state index in [0.29, 0.717) is 22.5 Å². The molecule has 5 nitrogen and oxygen atoms in total. The van der Waals surface area contributed by atoms with Crippen molar-refractivity contribution in [3.8, 4) is 22.8 Å². The van der Waals surface area contributed by atoms with E-state index in [0.717, 1.165) is 17.7 Å². The van der Waals surface area contributed by atoms with E-state index in [1.807, 2.05) is 6.92 Å². The Hall–Kier alpha value is -2.76. The number of H-pyrrole nitrogens is 1. The van der Waals surface area contributed by atoms with Gasteiger partial charge in [0.25, 0.3) is 5.89 Å². The van der Waals surface area contributed by atoms with Crippen LogP contribution < -0.4 is 0 Å². The zero-order valence-electron chi connectivity index (χ0n) is 11.5. The van der Waals surface area contributed by atoms with Gasteiger partial charge in [0.1, 0.15) is 5.82 Å². The first-order valence-electron chi connectivity index (χ1n) is 6.34. The van der Waals surface area contributed by atoms with E-state index in [9.17, 15) is 9.18 Å². The van der Waals surface area contributed by atoms with E-state index < -0.39 is 0 Å². The number of aryl methyl sites for hydroxylation is 2. The van der Waals surface area contributed by atoms with Crippen molar-refractivity contribution in [2.45, 2.75) is 13.8 Å². The number of hydrogen-bond acceptors (Lipinski definition) is 4. The van der Waals surface area contributed by atoms with E-state index >= 15 is 0 Å². The summed E-state index contributed by atoms with van der Waals surface area (Å²) in [6, 6.07) is 5.79. The Morgan fingerprint density at radius 3 is 2.57 bits per heavy atom. The lowest BCUT2D eigenvalue weighted by atomic mass is 10.1. The van der Waals surface area contributed by atoms with Crippen LogP contribution in [0.3, 0.4) is 0 Å². The Balaban J connectivity index is 2.06. The average molecular weight is 285 g/mol. The maximum absolute atomic E-state index is 12.9. The van der Waals surface area contributed by atoms with Crippen LogP contribution in [0.25, 0.3) is 22.8 Å². The molecule has 3 aromatic rings. The van der Waals surface area contributed by atoms with Crippen molar-refractivity contribution >= 4 is 6.29 Å². The molecule has 0 aliphatic rings. The lowest BCUT2D eigenvalue weighted by molar-refractivity contribution is 0.112. The lowest BCUT2D eigenvalue weighted by Crippen LogP contribution is -1.87. The van der Waals surface area contributed by atoms with Gasteiger partial charge in [0.15, 0.2) is 6.29 Å². The SMILES string of the molecule is Cc1[nH]c(C)c(-c2nc(-c3ccc(F)cc3)no2)c1C=O. The Labute approximate surface area is 119 Å². The lowest BCUT2D eigenvalue weighted by Gasteiger charge is -1.94. The van der Waals surface area contributed by atoms with Gasteiger partial charge < -0.3 is 9.51 Å². The van der Waals surface area contributed by atoms with Crippen molar-refractivity contribution in [2.75, 3.05) is 0 Å². The second kappa shape index (κ2) is 4.97. The number of aldehydes is 1. The zero-order valence-corrected chi connectivity index (χ0v) is 11.5. The van der Waals surface area contributed by atoms with Crippen LogP contribution in [0.4, 0.5) is 4.39 Å². The summed E-state index contributed by atoms with van der Waals surface area (Å²) < 4.78 is 18.2. The van der Waals surface area contributed by atoms with Crippen LogP contribution in [0.1, 0.15) is 21.7 Å². The molecule has 2 heterocycles. The van der Waals surface area contributed by atoms with Gasteiger partial charge in [-0.1, -0.05) is 5.16 Å². The third-order valence-corrected chi connectivity index (χ3v) is 3.28. The van der Waals surface area contributed by atoms with Crippen LogP contribution in [0.5, 0.6) is 0 Å². The summed E-state index contributed by atoms with van der Waals surface area (Å²) in [5.74, 6) is 0.279. The topological polar surface area (TPSA) is 71.8 Å². The number of carbonyl (C=O) groups is 1. The van der Waals surface area contributed by atoms with Gasteiger partial charge in [-0.15, -0.1) is 0 Å². The van der Waals surface area contributed by atoms with Crippen LogP contribution in [-0.4, -0.2) is 21.4 Å². The summed E-state index contributed by atoms with van der Waals surface area (Å²) in [6.07, 6.45) is 0.760. The molecular weight excluding hydrogens is 273 g/mol. The predicted octanol–water partition coefficient (Wildman–Crippen LogP) is 3.30. The van der Waals surface area contributed by atoms with Crippen LogP contribution in [-0.2, 0) is 0 Å². The number of aromatic amines is 1. The summed E-state index contributed by atoms with van der Waals surface area (Å²) in [5, 5.41) is 3.88. The molecule has 3 rings (SSSR count). The number of nitrogens with zero attached hydrogens (tertiary/aromatic N) is 2. The first-order chi connectivity index (χ1) is 10.1. The van der Waals surface area contributed by atoms with Gasteiger partial charge in [0.05, 0.1) is 5.56 Å². The molecule has 0 saturated carbocycles. The largest absolute Gasteiger partial charge is 0.361 e. The number of hydrogen-bond donors (Lipinski definition) is 1. The van der Waals surface area contributed by atoms with Crippen molar-refractivity contribution in [3.05, 3.63) is 47.0 Å². The van der Waals surface area contributed by atoms with Crippen molar-refractivity contribution < 1.29 is 13.7 Å². The fourth-order valence-electron chi connectivity index (χ4n) is 2.26. The maximum Gasteiger partial charge on any atom is 0.260 e. The maximum atomic E-state index is 12.9. The van der Waals surface area contributed by atoms with Crippen molar-refractivity contribution in [2.24, 2.45) is 0 Å². The molecule has 0 spiro atoms. The molecule has 2 aromatic heterocycles. The molecule has 21 heavy (non-hydrogen) atoms. The molecular formula is C15H12FN3O2. The number of benzene rings is 1. The molecule has 0 unspecified atom stereocenters. The average Bonchev–Trinajstić information content (AvgIpc) is 3.03. The van der Waals surface area contributed by atoms with Gasteiger partial charge in [0.2, 0.25) is 5.82 Å². The molecule has 0 atom stereocenters. The third-order valence-electron chi connectivity index (χ3n) is 3.28. The standard InChI is InChI=1S/C15H12FN3O2/c1-8-12(7-20)13(9(2)17-8)15-18-14(19-21-15)10-3-5-11(16)6-4-10/h3-7,17H,1-2H3. The number of halogens is 1.